The summed E-state index contributed by atoms with van der Waals surface area (Å²) in [5.74, 6) is 0. The van der Waals surface area contributed by atoms with Crippen molar-refractivity contribution in [3.8, 4) is 11.1 Å². The highest BCUT2D eigenvalue weighted by atomic mass is 16.5. The molecular weight excluding hydrogens is 246 g/mol. The molecule has 0 spiro atoms. The first-order valence-corrected chi connectivity index (χ1v) is 7.38. The van der Waals surface area contributed by atoms with Crippen LogP contribution in [0.4, 0.5) is 0 Å². The summed E-state index contributed by atoms with van der Waals surface area (Å²) in [6.07, 6.45) is 0.323. The molecule has 1 fully saturated rings. The van der Waals surface area contributed by atoms with Crippen molar-refractivity contribution in [3.63, 3.8) is 0 Å². The van der Waals surface area contributed by atoms with Crippen molar-refractivity contribution in [2.24, 2.45) is 0 Å². The zero-order valence-corrected chi connectivity index (χ0v) is 11.8. The highest BCUT2D eigenvalue weighted by Crippen LogP contribution is 2.46. The molecule has 0 saturated carbocycles. The first kappa shape index (κ1) is 12.1. The predicted octanol–water partition coefficient (Wildman–Crippen LogP) is 3.48. The van der Waals surface area contributed by atoms with E-state index >= 15 is 0 Å². The van der Waals surface area contributed by atoms with Gasteiger partial charge in [0, 0.05) is 13.1 Å². The maximum Gasteiger partial charge on any atom is 0.0674 e. The predicted molar refractivity (Wildman–Crippen MR) is 80.7 cm³/mol. The molecule has 0 unspecified atom stereocenters. The SMILES string of the molecule is C[C@@H]1CN(C2c3ccccc3-c3ccccc32)CCO1. The summed E-state index contributed by atoms with van der Waals surface area (Å²) in [4.78, 5) is 2.57. The van der Waals surface area contributed by atoms with Crippen LogP contribution in [0.3, 0.4) is 0 Å². The Kier molecular flexibility index (Phi) is 2.86. The second kappa shape index (κ2) is 4.72. The molecule has 0 bridgehead atoms. The van der Waals surface area contributed by atoms with E-state index < -0.39 is 0 Å². The van der Waals surface area contributed by atoms with E-state index in [1.54, 1.807) is 0 Å². The third-order valence-corrected chi connectivity index (χ3v) is 4.44. The largest absolute Gasteiger partial charge is 0.376 e. The number of ether oxygens (including phenoxy) is 1. The monoisotopic (exact) mass is 265 g/mol. The van der Waals surface area contributed by atoms with Crippen LogP contribution >= 0.6 is 0 Å². The lowest BCUT2D eigenvalue weighted by Crippen LogP contribution is -2.42. The van der Waals surface area contributed by atoms with Gasteiger partial charge in [0.05, 0.1) is 18.8 Å². The molecule has 1 heterocycles. The molecule has 2 nitrogen and oxygen atoms in total. The molecule has 4 rings (SSSR count). The molecule has 2 aromatic rings. The summed E-state index contributed by atoms with van der Waals surface area (Å²) in [5.41, 5.74) is 5.69. The average Bonchev–Trinajstić information content (AvgIpc) is 2.82. The van der Waals surface area contributed by atoms with E-state index in [9.17, 15) is 0 Å². The average molecular weight is 265 g/mol. The van der Waals surface area contributed by atoms with Crippen LogP contribution in [0.25, 0.3) is 11.1 Å². The van der Waals surface area contributed by atoms with Gasteiger partial charge in [-0.25, -0.2) is 0 Å². The molecule has 0 radical (unpaired) electrons. The molecule has 2 heteroatoms. The summed E-state index contributed by atoms with van der Waals surface area (Å²) in [6, 6.07) is 18.0. The number of morpholine rings is 1. The smallest absolute Gasteiger partial charge is 0.0674 e. The molecule has 1 aliphatic heterocycles. The molecule has 0 N–H and O–H groups in total. The summed E-state index contributed by atoms with van der Waals surface area (Å²) in [6.45, 7) is 5.02. The first-order chi connectivity index (χ1) is 9.84. The second-order valence-corrected chi connectivity index (χ2v) is 5.75. The van der Waals surface area contributed by atoms with E-state index in [0.29, 0.717) is 12.1 Å². The highest BCUT2D eigenvalue weighted by Gasteiger charge is 2.34. The normalized spacial score (nSPS) is 22.6. The Labute approximate surface area is 120 Å². The number of hydrogen-bond donors (Lipinski definition) is 0. The molecule has 1 aliphatic carbocycles. The number of fused-ring (bicyclic) bond motifs is 3. The van der Waals surface area contributed by atoms with Crippen molar-refractivity contribution < 1.29 is 4.74 Å². The van der Waals surface area contributed by atoms with Crippen LogP contribution in [0.1, 0.15) is 24.1 Å². The first-order valence-electron chi connectivity index (χ1n) is 7.38. The zero-order valence-electron chi connectivity index (χ0n) is 11.8. The number of hydrogen-bond acceptors (Lipinski definition) is 2. The van der Waals surface area contributed by atoms with Gasteiger partial charge >= 0.3 is 0 Å². The molecule has 2 aromatic carbocycles. The molecule has 1 saturated heterocycles. The van der Waals surface area contributed by atoms with E-state index in [1.807, 2.05) is 0 Å². The molecule has 20 heavy (non-hydrogen) atoms. The third kappa shape index (κ3) is 1.80. The van der Waals surface area contributed by atoms with E-state index in [1.165, 1.54) is 22.3 Å². The Balaban J connectivity index is 1.83. The topological polar surface area (TPSA) is 12.5 Å². The molecule has 0 amide bonds. The summed E-state index contributed by atoms with van der Waals surface area (Å²) in [5, 5.41) is 0. The Hall–Kier alpha value is -1.64. The lowest BCUT2D eigenvalue weighted by molar-refractivity contribution is -0.0283. The van der Waals surface area contributed by atoms with Crippen LogP contribution in [0.15, 0.2) is 48.5 Å². The van der Waals surface area contributed by atoms with Gasteiger partial charge in [0.1, 0.15) is 0 Å². The van der Waals surface area contributed by atoms with Gasteiger partial charge < -0.3 is 4.74 Å². The standard InChI is InChI=1S/C18H19NO/c1-13-12-19(10-11-20-13)18-16-8-4-2-6-14(16)15-7-3-5-9-17(15)18/h2-9,13,18H,10-12H2,1H3/t13-/m1/s1. The van der Waals surface area contributed by atoms with Crippen molar-refractivity contribution in [2.75, 3.05) is 19.7 Å². The fourth-order valence-corrected chi connectivity index (χ4v) is 3.60. The lowest BCUT2D eigenvalue weighted by Gasteiger charge is -2.36. The fraction of sp³-hybridized carbons (Fsp3) is 0.333. The minimum atomic E-state index is 0.323. The number of nitrogens with zero attached hydrogens (tertiary/aromatic N) is 1. The van der Waals surface area contributed by atoms with Crippen molar-refractivity contribution >= 4 is 0 Å². The van der Waals surface area contributed by atoms with E-state index in [4.69, 9.17) is 4.74 Å². The van der Waals surface area contributed by atoms with Gasteiger partial charge in [0.2, 0.25) is 0 Å². The minimum Gasteiger partial charge on any atom is -0.376 e. The summed E-state index contributed by atoms with van der Waals surface area (Å²) >= 11 is 0. The third-order valence-electron chi connectivity index (χ3n) is 4.44. The van der Waals surface area contributed by atoms with Gasteiger partial charge in [-0.2, -0.15) is 0 Å². The van der Waals surface area contributed by atoms with E-state index in [0.717, 1.165) is 19.7 Å². The maximum absolute atomic E-state index is 5.70. The molecular formula is C18H19NO. The van der Waals surface area contributed by atoms with Gasteiger partial charge in [-0.05, 0) is 29.2 Å². The molecule has 102 valence electrons. The number of rotatable bonds is 1. The Morgan fingerprint density at radius 2 is 1.55 bits per heavy atom. The fourth-order valence-electron chi connectivity index (χ4n) is 3.60. The Bertz CT molecular complexity index is 591. The molecule has 2 aliphatic rings. The number of benzene rings is 2. The zero-order chi connectivity index (χ0) is 13.5. The molecule has 0 aromatic heterocycles. The Morgan fingerprint density at radius 3 is 2.15 bits per heavy atom. The van der Waals surface area contributed by atoms with Crippen molar-refractivity contribution in [1.29, 1.82) is 0 Å². The Morgan fingerprint density at radius 1 is 0.950 bits per heavy atom. The van der Waals surface area contributed by atoms with Gasteiger partial charge in [-0.15, -0.1) is 0 Å². The summed E-state index contributed by atoms with van der Waals surface area (Å²) in [7, 11) is 0. The van der Waals surface area contributed by atoms with E-state index in [-0.39, 0.29) is 0 Å². The van der Waals surface area contributed by atoms with Crippen molar-refractivity contribution in [2.45, 2.75) is 19.1 Å². The summed E-state index contributed by atoms with van der Waals surface area (Å²) < 4.78 is 5.70. The van der Waals surface area contributed by atoms with Gasteiger partial charge in [-0.1, -0.05) is 48.5 Å². The maximum atomic E-state index is 5.70. The van der Waals surface area contributed by atoms with Crippen LogP contribution in [-0.4, -0.2) is 30.7 Å². The van der Waals surface area contributed by atoms with Crippen molar-refractivity contribution in [3.05, 3.63) is 59.7 Å². The lowest BCUT2D eigenvalue weighted by atomic mass is 10.0. The van der Waals surface area contributed by atoms with Crippen LogP contribution < -0.4 is 0 Å². The van der Waals surface area contributed by atoms with Crippen LogP contribution in [-0.2, 0) is 4.74 Å². The van der Waals surface area contributed by atoms with Gasteiger partial charge in [0.25, 0.3) is 0 Å². The van der Waals surface area contributed by atoms with Crippen LogP contribution in [0.2, 0.25) is 0 Å². The van der Waals surface area contributed by atoms with E-state index in [2.05, 4.69) is 60.4 Å². The quantitative estimate of drug-likeness (QED) is 0.782. The second-order valence-electron chi connectivity index (χ2n) is 5.75. The van der Waals surface area contributed by atoms with Gasteiger partial charge in [0.15, 0.2) is 0 Å². The van der Waals surface area contributed by atoms with Crippen molar-refractivity contribution in [1.82, 2.24) is 4.90 Å². The van der Waals surface area contributed by atoms with Crippen LogP contribution in [0, 0.1) is 0 Å². The molecule has 1 atom stereocenters. The minimum absolute atomic E-state index is 0.323. The van der Waals surface area contributed by atoms with Crippen LogP contribution in [0.5, 0.6) is 0 Å². The highest BCUT2D eigenvalue weighted by molar-refractivity contribution is 5.78. The van der Waals surface area contributed by atoms with Gasteiger partial charge in [-0.3, -0.25) is 4.90 Å².